The van der Waals surface area contributed by atoms with Crippen molar-refractivity contribution in [1.29, 1.82) is 0 Å². The lowest BCUT2D eigenvalue weighted by Crippen LogP contribution is -2.57. The minimum Gasteiger partial charge on any atom is -0.480 e. The van der Waals surface area contributed by atoms with Crippen molar-refractivity contribution in [3.05, 3.63) is 0 Å². The van der Waals surface area contributed by atoms with Crippen LogP contribution >= 0.6 is 12.6 Å². The predicted octanol–water partition coefficient (Wildman–Crippen LogP) is -1.02. The van der Waals surface area contributed by atoms with Gasteiger partial charge in [-0.1, -0.05) is 13.8 Å². The summed E-state index contributed by atoms with van der Waals surface area (Å²) in [6.07, 6.45) is 1.74. The number of aliphatic carboxylic acids is 1. The van der Waals surface area contributed by atoms with E-state index in [9.17, 15) is 24.3 Å². The second-order valence-corrected chi connectivity index (χ2v) is 7.77. The van der Waals surface area contributed by atoms with Crippen LogP contribution in [-0.4, -0.2) is 65.3 Å². The largest absolute Gasteiger partial charge is 0.480 e. The Bertz CT molecular complexity index is 559. The van der Waals surface area contributed by atoms with E-state index >= 15 is 0 Å². The second-order valence-electron chi connectivity index (χ2n) is 7.41. The van der Waals surface area contributed by atoms with Crippen molar-refractivity contribution in [2.75, 3.05) is 12.3 Å². The summed E-state index contributed by atoms with van der Waals surface area (Å²) >= 11 is 4.07. The molecule has 0 fully saturated rings. The fourth-order valence-electron chi connectivity index (χ4n) is 2.49. The second kappa shape index (κ2) is 14.2. The Balaban J connectivity index is 5.16. The summed E-state index contributed by atoms with van der Waals surface area (Å²) in [4.78, 5) is 48.4. The molecule has 0 rings (SSSR count). The summed E-state index contributed by atoms with van der Waals surface area (Å²) in [5.74, 6) is -2.79. The van der Waals surface area contributed by atoms with Gasteiger partial charge in [0, 0.05) is 5.75 Å². The van der Waals surface area contributed by atoms with Crippen LogP contribution in [0.2, 0.25) is 0 Å². The van der Waals surface area contributed by atoms with E-state index in [0.717, 1.165) is 0 Å². The van der Waals surface area contributed by atoms with Crippen LogP contribution in [0, 0.1) is 5.92 Å². The molecule has 4 unspecified atom stereocenters. The molecule has 0 heterocycles. The molecule has 0 aliphatic carbocycles. The third-order valence-corrected chi connectivity index (χ3v) is 4.50. The van der Waals surface area contributed by atoms with Crippen LogP contribution < -0.4 is 27.4 Å². The number of hydrogen-bond donors (Lipinski definition) is 7. The molecule has 8 N–H and O–H groups in total. The molecule has 0 radical (unpaired) electrons. The Kier molecular flexibility index (Phi) is 13.3. The van der Waals surface area contributed by atoms with Gasteiger partial charge in [0.25, 0.3) is 0 Å². The minimum absolute atomic E-state index is 0.0111. The van der Waals surface area contributed by atoms with Crippen LogP contribution in [0.1, 0.15) is 46.5 Å². The first-order chi connectivity index (χ1) is 13.5. The summed E-state index contributed by atoms with van der Waals surface area (Å²) in [7, 11) is 0. The number of hydrogen-bond acceptors (Lipinski definition) is 7. The Labute approximate surface area is 177 Å². The lowest BCUT2D eigenvalue weighted by molar-refractivity contribution is -0.142. The van der Waals surface area contributed by atoms with E-state index in [2.05, 4.69) is 28.6 Å². The van der Waals surface area contributed by atoms with Crippen LogP contribution in [0.25, 0.3) is 0 Å². The molecule has 0 saturated carbocycles. The zero-order valence-corrected chi connectivity index (χ0v) is 18.2. The van der Waals surface area contributed by atoms with Gasteiger partial charge < -0.3 is 32.5 Å². The van der Waals surface area contributed by atoms with E-state index in [1.165, 1.54) is 6.92 Å². The van der Waals surface area contributed by atoms with Crippen molar-refractivity contribution in [1.82, 2.24) is 16.0 Å². The van der Waals surface area contributed by atoms with Gasteiger partial charge in [-0.15, -0.1) is 0 Å². The van der Waals surface area contributed by atoms with Gasteiger partial charge in [0.15, 0.2) is 0 Å². The molecule has 0 aromatic carbocycles. The van der Waals surface area contributed by atoms with Crippen LogP contribution in [-0.2, 0) is 19.2 Å². The molecule has 0 aromatic rings. The molecule has 4 atom stereocenters. The molecule has 0 aliphatic heterocycles. The third-order valence-electron chi connectivity index (χ3n) is 4.13. The van der Waals surface area contributed by atoms with Gasteiger partial charge in [0.1, 0.15) is 18.1 Å². The predicted molar refractivity (Wildman–Crippen MR) is 113 cm³/mol. The zero-order valence-electron chi connectivity index (χ0n) is 17.3. The molecule has 0 bridgehead atoms. The Morgan fingerprint density at radius 2 is 1.41 bits per heavy atom. The number of nitrogens with one attached hydrogen (secondary N) is 3. The van der Waals surface area contributed by atoms with E-state index < -0.39 is 47.9 Å². The fourth-order valence-corrected chi connectivity index (χ4v) is 2.75. The number of rotatable bonds is 14. The van der Waals surface area contributed by atoms with Crippen LogP contribution in [0.3, 0.4) is 0 Å². The summed E-state index contributed by atoms with van der Waals surface area (Å²) in [5.41, 5.74) is 10.9. The quantitative estimate of drug-likeness (QED) is 0.135. The highest BCUT2D eigenvalue weighted by Crippen LogP contribution is 2.08. The number of carbonyl (C=O) groups excluding carboxylic acids is 3. The van der Waals surface area contributed by atoms with Gasteiger partial charge in [0.05, 0.1) is 6.04 Å². The molecule has 11 heteroatoms. The maximum Gasteiger partial charge on any atom is 0.326 e. The third kappa shape index (κ3) is 11.1. The topological polar surface area (TPSA) is 177 Å². The summed E-state index contributed by atoms with van der Waals surface area (Å²) in [6.45, 7) is 5.66. The highest BCUT2D eigenvalue weighted by molar-refractivity contribution is 7.80. The maximum absolute atomic E-state index is 12.7. The fraction of sp³-hybridized carbons (Fsp3) is 0.778. The molecule has 0 spiro atoms. The zero-order chi connectivity index (χ0) is 22.6. The summed E-state index contributed by atoms with van der Waals surface area (Å²) in [5, 5.41) is 16.9. The van der Waals surface area contributed by atoms with Gasteiger partial charge >= 0.3 is 5.97 Å². The van der Waals surface area contributed by atoms with Crippen molar-refractivity contribution in [2.24, 2.45) is 17.4 Å². The number of amides is 3. The summed E-state index contributed by atoms with van der Waals surface area (Å²) < 4.78 is 0. The lowest BCUT2D eigenvalue weighted by Gasteiger charge is -2.25. The number of thiol groups is 1. The number of carbonyl (C=O) groups is 4. The molecule has 0 aliphatic rings. The first kappa shape index (κ1) is 27.1. The van der Waals surface area contributed by atoms with Crippen molar-refractivity contribution in [3.63, 3.8) is 0 Å². The lowest BCUT2D eigenvalue weighted by atomic mass is 10.0. The Morgan fingerprint density at radius 3 is 1.86 bits per heavy atom. The molecular formula is C18H35N5O5S. The van der Waals surface area contributed by atoms with Crippen molar-refractivity contribution < 1.29 is 24.3 Å². The van der Waals surface area contributed by atoms with Crippen LogP contribution in [0.5, 0.6) is 0 Å². The normalized spacial score (nSPS) is 15.1. The standard InChI is InChI=1S/C18H35N5O5S/c1-10(2)8-13(16(25)21-12(18(27)28)6-4-5-7-19)22-17(26)14(9-29)23-15(24)11(3)20/h10-14,29H,4-9,19-20H2,1-3H3,(H,21,25)(H,22,26)(H,23,24)(H,27,28). The van der Waals surface area contributed by atoms with E-state index in [-0.39, 0.29) is 18.1 Å². The summed E-state index contributed by atoms with van der Waals surface area (Å²) in [6, 6.07) is -3.79. The van der Waals surface area contributed by atoms with E-state index in [4.69, 9.17) is 11.5 Å². The average molecular weight is 434 g/mol. The van der Waals surface area contributed by atoms with E-state index in [1.54, 1.807) is 0 Å². The van der Waals surface area contributed by atoms with Crippen molar-refractivity contribution >= 4 is 36.3 Å². The minimum atomic E-state index is -1.15. The van der Waals surface area contributed by atoms with Crippen LogP contribution in [0.15, 0.2) is 0 Å². The maximum atomic E-state index is 12.7. The Hall–Kier alpha value is -1.85. The highest BCUT2D eigenvalue weighted by Gasteiger charge is 2.29. The smallest absolute Gasteiger partial charge is 0.326 e. The van der Waals surface area contributed by atoms with E-state index in [0.29, 0.717) is 25.8 Å². The number of nitrogens with two attached hydrogens (primary N) is 2. The van der Waals surface area contributed by atoms with Crippen LogP contribution in [0.4, 0.5) is 0 Å². The monoisotopic (exact) mass is 433 g/mol. The van der Waals surface area contributed by atoms with Gasteiger partial charge in [-0.3, -0.25) is 14.4 Å². The molecule has 3 amide bonds. The number of carboxylic acids is 1. The highest BCUT2D eigenvalue weighted by atomic mass is 32.1. The van der Waals surface area contributed by atoms with Crippen molar-refractivity contribution in [3.8, 4) is 0 Å². The Morgan fingerprint density at radius 1 is 0.897 bits per heavy atom. The molecular weight excluding hydrogens is 398 g/mol. The van der Waals surface area contributed by atoms with Gasteiger partial charge in [-0.2, -0.15) is 12.6 Å². The SMILES string of the molecule is CC(C)CC(NC(=O)C(CS)NC(=O)C(C)N)C(=O)NC(CCCCN)C(=O)O. The van der Waals surface area contributed by atoms with Crippen molar-refractivity contribution in [2.45, 2.75) is 70.6 Å². The molecule has 10 nitrogen and oxygen atoms in total. The van der Waals surface area contributed by atoms with Gasteiger partial charge in [0.2, 0.25) is 17.7 Å². The van der Waals surface area contributed by atoms with Gasteiger partial charge in [-0.05, 0) is 45.1 Å². The molecule has 0 aromatic heterocycles. The number of carboxylic acid groups (broad SMARTS) is 1. The van der Waals surface area contributed by atoms with E-state index in [1.807, 2.05) is 13.8 Å². The first-order valence-electron chi connectivity index (χ1n) is 9.73. The van der Waals surface area contributed by atoms with Gasteiger partial charge in [-0.25, -0.2) is 4.79 Å². The first-order valence-corrected chi connectivity index (χ1v) is 10.4. The molecule has 168 valence electrons. The molecule has 29 heavy (non-hydrogen) atoms. The molecule has 0 saturated heterocycles. The number of unbranched alkanes of at least 4 members (excludes halogenated alkanes) is 1. The average Bonchev–Trinajstić information content (AvgIpc) is 2.63.